The molecule has 110 valence electrons. The van der Waals surface area contributed by atoms with E-state index in [9.17, 15) is 4.79 Å². The lowest BCUT2D eigenvalue weighted by Gasteiger charge is -2.27. The van der Waals surface area contributed by atoms with E-state index in [1.165, 1.54) is 25.9 Å². The van der Waals surface area contributed by atoms with Crippen LogP contribution in [0.15, 0.2) is 0 Å². The van der Waals surface area contributed by atoms with Gasteiger partial charge in [0, 0.05) is 25.0 Å². The van der Waals surface area contributed by atoms with Gasteiger partial charge in [0.1, 0.15) is 0 Å². The van der Waals surface area contributed by atoms with Crippen LogP contribution >= 0.6 is 0 Å². The maximum Gasteiger partial charge on any atom is 0.220 e. The van der Waals surface area contributed by atoms with E-state index in [1.807, 2.05) is 0 Å². The standard InChI is InChI=1S/C15H29N3O/c1-12(18-8-2-3-9-18)11-17-15(19)10-13-4-6-14(16)7-5-13/h12-14H,2-11,16H2,1H3,(H,17,19). The van der Waals surface area contributed by atoms with Gasteiger partial charge >= 0.3 is 0 Å². The van der Waals surface area contributed by atoms with Gasteiger partial charge in [-0.25, -0.2) is 0 Å². The highest BCUT2D eigenvalue weighted by Crippen LogP contribution is 2.25. The van der Waals surface area contributed by atoms with E-state index < -0.39 is 0 Å². The van der Waals surface area contributed by atoms with Gasteiger partial charge in [-0.2, -0.15) is 0 Å². The maximum absolute atomic E-state index is 12.0. The normalized spacial score (nSPS) is 30.2. The second-order valence-electron chi connectivity index (χ2n) is 6.38. The zero-order valence-electron chi connectivity index (χ0n) is 12.2. The highest BCUT2D eigenvalue weighted by molar-refractivity contribution is 5.76. The van der Waals surface area contributed by atoms with Crippen molar-refractivity contribution in [2.45, 2.75) is 64.0 Å². The number of hydrogen-bond donors (Lipinski definition) is 2. The monoisotopic (exact) mass is 267 g/mol. The molecule has 0 aromatic heterocycles. The van der Waals surface area contributed by atoms with Crippen LogP contribution in [0.4, 0.5) is 0 Å². The van der Waals surface area contributed by atoms with Crippen molar-refractivity contribution in [1.82, 2.24) is 10.2 Å². The Kier molecular flexibility index (Phi) is 5.64. The first-order valence-electron chi connectivity index (χ1n) is 7.91. The Morgan fingerprint density at radius 1 is 1.26 bits per heavy atom. The average Bonchev–Trinajstić information content (AvgIpc) is 2.93. The van der Waals surface area contributed by atoms with Gasteiger partial charge in [-0.15, -0.1) is 0 Å². The fourth-order valence-electron chi connectivity index (χ4n) is 3.30. The van der Waals surface area contributed by atoms with Crippen molar-refractivity contribution in [3.8, 4) is 0 Å². The van der Waals surface area contributed by atoms with E-state index in [2.05, 4.69) is 17.1 Å². The van der Waals surface area contributed by atoms with Crippen molar-refractivity contribution >= 4 is 5.91 Å². The lowest BCUT2D eigenvalue weighted by molar-refractivity contribution is -0.122. The Balaban J connectivity index is 1.61. The number of nitrogens with two attached hydrogens (primary N) is 1. The Hall–Kier alpha value is -0.610. The molecule has 0 aromatic carbocycles. The van der Waals surface area contributed by atoms with Crippen LogP contribution in [0, 0.1) is 5.92 Å². The van der Waals surface area contributed by atoms with Crippen LogP contribution in [-0.2, 0) is 4.79 Å². The zero-order valence-corrected chi connectivity index (χ0v) is 12.2. The van der Waals surface area contributed by atoms with E-state index in [1.54, 1.807) is 0 Å². The molecule has 0 aromatic rings. The smallest absolute Gasteiger partial charge is 0.220 e. The number of amides is 1. The minimum Gasteiger partial charge on any atom is -0.355 e. The fourth-order valence-corrected chi connectivity index (χ4v) is 3.30. The van der Waals surface area contributed by atoms with Gasteiger partial charge in [0.2, 0.25) is 5.91 Å². The molecule has 1 saturated heterocycles. The van der Waals surface area contributed by atoms with Crippen LogP contribution in [0.5, 0.6) is 0 Å². The van der Waals surface area contributed by atoms with Crippen LogP contribution in [0.3, 0.4) is 0 Å². The van der Waals surface area contributed by atoms with Gasteiger partial charge < -0.3 is 11.1 Å². The summed E-state index contributed by atoms with van der Waals surface area (Å²) in [6.45, 7) is 5.39. The lowest BCUT2D eigenvalue weighted by Crippen LogP contribution is -2.41. The minimum atomic E-state index is 0.228. The second kappa shape index (κ2) is 7.25. The van der Waals surface area contributed by atoms with Crippen molar-refractivity contribution in [1.29, 1.82) is 0 Å². The molecule has 1 aliphatic heterocycles. The summed E-state index contributed by atoms with van der Waals surface area (Å²) in [6.07, 6.45) is 7.72. The molecular formula is C15H29N3O. The lowest BCUT2D eigenvalue weighted by atomic mass is 9.84. The molecule has 1 amide bonds. The molecule has 1 atom stereocenters. The first-order valence-corrected chi connectivity index (χ1v) is 7.91. The predicted octanol–water partition coefficient (Wildman–Crippen LogP) is 1.49. The summed E-state index contributed by atoms with van der Waals surface area (Å²) in [5, 5.41) is 3.11. The molecule has 4 nitrogen and oxygen atoms in total. The van der Waals surface area contributed by atoms with E-state index >= 15 is 0 Å². The quantitative estimate of drug-likeness (QED) is 0.793. The van der Waals surface area contributed by atoms with E-state index in [-0.39, 0.29) is 5.91 Å². The first-order chi connectivity index (χ1) is 9.15. The molecule has 0 bridgehead atoms. The summed E-state index contributed by atoms with van der Waals surface area (Å²) in [4.78, 5) is 14.4. The predicted molar refractivity (Wildman–Crippen MR) is 77.8 cm³/mol. The highest BCUT2D eigenvalue weighted by Gasteiger charge is 2.22. The third kappa shape index (κ3) is 4.77. The average molecular weight is 267 g/mol. The molecule has 2 aliphatic rings. The summed E-state index contributed by atoms with van der Waals surface area (Å²) in [7, 11) is 0. The molecule has 0 spiro atoms. The van der Waals surface area contributed by atoms with Gasteiger partial charge in [0.15, 0.2) is 0 Å². The largest absolute Gasteiger partial charge is 0.355 e. The van der Waals surface area contributed by atoms with Gasteiger partial charge in [0.05, 0.1) is 0 Å². The van der Waals surface area contributed by atoms with Crippen molar-refractivity contribution in [3.63, 3.8) is 0 Å². The van der Waals surface area contributed by atoms with Crippen LogP contribution in [0.1, 0.15) is 51.9 Å². The third-order valence-corrected chi connectivity index (χ3v) is 4.72. The number of nitrogens with zero attached hydrogens (tertiary/aromatic N) is 1. The van der Waals surface area contributed by atoms with Gasteiger partial charge in [-0.1, -0.05) is 0 Å². The highest BCUT2D eigenvalue weighted by atomic mass is 16.1. The van der Waals surface area contributed by atoms with Crippen molar-refractivity contribution in [2.24, 2.45) is 11.7 Å². The summed E-state index contributed by atoms with van der Waals surface area (Å²) in [5.41, 5.74) is 5.89. The molecule has 0 radical (unpaired) electrons. The second-order valence-corrected chi connectivity index (χ2v) is 6.38. The first kappa shape index (κ1) is 14.8. The number of carbonyl (C=O) groups excluding carboxylic acids is 1. The Labute approximate surface area is 117 Å². The van der Waals surface area contributed by atoms with E-state index in [4.69, 9.17) is 5.73 Å². The number of nitrogens with one attached hydrogen (secondary N) is 1. The maximum atomic E-state index is 12.0. The molecule has 19 heavy (non-hydrogen) atoms. The van der Waals surface area contributed by atoms with Crippen molar-refractivity contribution < 1.29 is 4.79 Å². The molecule has 2 rings (SSSR count). The van der Waals surface area contributed by atoms with E-state index in [0.717, 1.165) is 32.2 Å². The number of likely N-dealkylation sites (tertiary alicyclic amines) is 1. The summed E-state index contributed by atoms with van der Waals surface area (Å²) < 4.78 is 0. The number of hydrogen-bond acceptors (Lipinski definition) is 3. The van der Waals surface area contributed by atoms with Gasteiger partial charge in [0.25, 0.3) is 0 Å². The SMILES string of the molecule is CC(CNC(=O)CC1CCC(N)CC1)N1CCCC1. The topological polar surface area (TPSA) is 58.4 Å². The molecule has 2 fully saturated rings. The van der Waals surface area contributed by atoms with Crippen LogP contribution in [0.2, 0.25) is 0 Å². The van der Waals surface area contributed by atoms with Gasteiger partial charge in [-0.05, 0) is 64.5 Å². The van der Waals surface area contributed by atoms with Crippen LogP contribution in [0.25, 0.3) is 0 Å². The number of carbonyl (C=O) groups is 1. The van der Waals surface area contributed by atoms with Crippen LogP contribution in [-0.4, -0.2) is 42.5 Å². The van der Waals surface area contributed by atoms with Crippen LogP contribution < -0.4 is 11.1 Å². The molecule has 1 unspecified atom stereocenters. The molecule has 4 heteroatoms. The van der Waals surface area contributed by atoms with Gasteiger partial charge in [-0.3, -0.25) is 9.69 Å². The molecular weight excluding hydrogens is 238 g/mol. The zero-order chi connectivity index (χ0) is 13.7. The van der Waals surface area contributed by atoms with Crippen molar-refractivity contribution in [2.75, 3.05) is 19.6 Å². The molecule has 1 aliphatic carbocycles. The minimum absolute atomic E-state index is 0.228. The Morgan fingerprint density at radius 3 is 2.53 bits per heavy atom. The van der Waals surface area contributed by atoms with E-state index in [0.29, 0.717) is 24.4 Å². The third-order valence-electron chi connectivity index (χ3n) is 4.72. The Bertz CT molecular complexity index is 281. The Morgan fingerprint density at radius 2 is 1.89 bits per heavy atom. The van der Waals surface area contributed by atoms with Crippen molar-refractivity contribution in [3.05, 3.63) is 0 Å². The summed E-state index contributed by atoms with van der Waals surface area (Å²) in [6, 6.07) is 0.848. The molecule has 1 saturated carbocycles. The summed E-state index contributed by atoms with van der Waals surface area (Å²) in [5.74, 6) is 0.786. The molecule has 1 heterocycles. The summed E-state index contributed by atoms with van der Waals surface area (Å²) >= 11 is 0. The molecule has 3 N–H and O–H groups in total. The number of rotatable bonds is 5. The fraction of sp³-hybridized carbons (Fsp3) is 0.933.